The van der Waals surface area contributed by atoms with Gasteiger partial charge in [-0.3, -0.25) is 14.2 Å². The third kappa shape index (κ3) is 3.30. The van der Waals surface area contributed by atoms with Crippen LogP contribution >= 0.6 is 0 Å². The van der Waals surface area contributed by atoms with E-state index in [0.717, 1.165) is 18.8 Å². The number of nitrogens with one attached hydrogen (secondary N) is 1. The molecule has 1 aromatic heterocycles. The highest BCUT2D eigenvalue weighted by molar-refractivity contribution is 6.14. The lowest BCUT2D eigenvalue weighted by Crippen LogP contribution is -2.17. The molecule has 2 aromatic carbocycles. The number of rotatable bonds is 3. The van der Waals surface area contributed by atoms with E-state index in [2.05, 4.69) is 10.2 Å². The minimum atomic E-state index is -0.451. The number of aromatic nitrogens is 1. The largest absolute Gasteiger partial charge is 0.372 e. The van der Waals surface area contributed by atoms with Crippen molar-refractivity contribution in [2.45, 2.75) is 19.8 Å². The van der Waals surface area contributed by atoms with Gasteiger partial charge in [0.2, 0.25) is 5.91 Å². The van der Waals surface area contributed by atoms with Crippen molar-refractivity contribution in [2.75, 3.05) is 23.3 Å². The summed E-state index contributed by atoms with van der Waals surface area (Å²) in [6, 6.07) is 11.7. The Bertz CT molecular complexity index is 1020. The maximum absolute atomic E-state index is 13.7. The van der Waals surface area contributed by atoms with Gasteiger partial charge in [-0.2, -0.15) is 0 Å². The highest BCUT2D eigenvalue weighted by atomic mass is 19.1. The summed E-state index contributed by atoms with van der Waals surface area (Å²) in [5.74, 6) is -1.06. The number of anilines is 2. The van der Waals surface area contributed by atoms with Gasteiger partial charge in [-0.05, 0) is 55.3 Å². The Morgan fingerprint density at radius 2 is 1.74 bits per heavy atom. The lowest BCUT2D eigenvalue weighted by Gasteiger charge is -2.17. The summed E-state index contributed by atoms with van der Waals surface area (Å²) in [5, 5.41) is 3.25. The fourth-order valence-electron chi connectivity index (χ4n) is 3.57. The number of carbonyl (C=O) groups excluding carboxylic acids is 2. The van der Waals surface area contributed by atoms with Gasteiger partial charge in [0.25, 0.3) is 5.91 Å². The summed E-state index contributed by atoms with van der Waals surface area (Å²) in [6.45, 7) is 3.52. The van der Waals surface area contributed by atoms with E-state index in [9.17, 15) is 14.0 Å². The Labute approximate surface area is 156 Å². The molecule has 27 heavy (non-hydrogen) atoms. The van der Waals surface area contributed by atoms with Crippen molar-refractivity contribution in [1.82, 2.24) is 4.57 Å². The van der Waals surface area contributed by atoms with E-state index in [1.165, 1.54) is 48.7 Å². The van der Waals surface area contributed by atoms with Gasteiger partial charge in [-0.1, -0.05) is 0 Å². The van der Waals surface area contributed by atoms with Crippen molar-refractivity contribution in [1.29, 1.82) is 0 Å². The molecule has 1 amide bonds. The SMILES string of the molecule is CC(=O)n1cc(C(=O)Nc2ccc(N3CCCC3)cc2)c2cc(F)ccc21. The molecule has 4 rings (SSSR count). The van der Waals surface area contributed by atoms with Crippen LogP contribution in [0.15, 0.2) is 48.7 Å². The summed E-state index contributed by atoms with van der Waals surface area (Å²) >= 11 is 0. The van der Waals surface area contributed by atoms with Crippen LogP contribution in [0.3, 0.4) is 0 Å². The smallest absolute Gasteiger partial charge is 0.257 e. The Morgan fingerprint density at radius 3 is 2.41 bits per heavy atom. The molecule has 1 saturated heterocycles. The van der Waals surface area contributed by atoms with Gasteiger partial charge in [-0.25, -0.2) is 4.39 Å². The predicted octanol–water partition coefficient (Wildman–Crippen LogP) is 4.29. The van der Waals surface area contributed by atoms with Crippen LogP contribution in [0.5, 0.6) is 0 Å². The molecular formula is C21H20FN3O2. The average Bonchev–Trinajstić information content (AvgIpc) is 3.30. The first-order valence-corrected chi connectivity index (χ1v) is 9.01. The number of nitrogens with zero attached hydrogens (tertiary/aromatic N) is 2. The highest BCUT2D eigenvalue weighted by Gasteiger charge is 2.18. The number of benzene rings is 2. The van der Waals surface area contributed by atoms with Crippen LogP contribution in [0.2, 0.25) is 0 Å². The van der Waals surface area contributed by atoms with Gasteiger partial charge in [0.15, 0.2) is 0 Å². The van der Waals surface area contributed by atoms with Gasteiger partial charge < -0.3 is 10.2 Å². The molecule has 0 atom stereocenters. The fourth-order valence-corrected chi connectivity index (χ4v) is 3.57. The van der Waals surface area contributed by atoms with Crippen molar-refractivity contribution in [3.8, 4) is 0 Å². The zero-order chi connectivity index (χ0) is 19.0. The Morgan fingerprint density at radius 1 is 1.04 bits per heavy atom. The third-order valence-electron chi connectivity index (χ3n) is 4.95. The molecule has 1 aliphatic heterocycles. The van der Waals surface area contributed by atoms with Crippen molar-refractivity contribution in [3.63, 3.8) is 0 Å². The molecule has 0 bridgehead atoms. The molecule has 0 saturated carbocycles. The van der Waals surface area contributed by atoms with Crippen LogP contribution in [-0.2, 0) is 0 Å². The molecule has 0 aliphatic carbocycles. The van der Waals surface area contributed by atoms with E-state index in [1.807, 2.05) is 24.3 Å². The van der Waals surface area contributed by atoms with Crippen LogP contribution in [0.4, 0.5) is 15.8 Å². The van der Waals surface area contributed by atoms with Gasteiger partial charge in [0.05, 0.1) is 11.1 Å². The first-order chi connectivity index (χ1) is 13.0. The van der Waals surface area contributed by atoms with Gasteiger partial charge in [-0.15, -0.1) is 0 Å². The predicted molar refractivity (Wildman–Crippen MR) is 104 cm³/mol. The quantitative estimate of drug-likeness (QED) is 0.753. The molecule has 3 aromatic rings. The number of carbonyl (C=O) groups is 2. The second-order valence-electron chi connectivity index (χ2n) is 6.79. The first-order valence-electron chi connectivity index (χ1n) is 9.01. The van der Waals surface area contributed by atoms with E-state index in [-0.39, 0.29) is 17.4 Å². The van der Waals surface area contributed by atoms with Crippen LogP contribution in [0.1, 0.15) is 34.9 Å². The molecule has 6 heteroatoms. The van der Waals surface area contributed by atoms with Crippen molar-refractivity contribution < 1.29 is 14.0 Å². The minimum absolute atomic E-state index is 0.236. The fraction of sp³-hybridized carbons (Fsp3) is 0.238. The minimum Gasteiger partial charge on any atom is -0.372 e. The van der Waals surface area contributed by atoms with Crippen molar-refractivity contribution >= 4 is 34.1 Å². The second kappa shape index (κ2) is 6.87. The van der Waals surface area contributed by atoms with Gasteiger partial charge in [0.1, 0.15) is 5.82 Å². The lowest BCUT2D eigenvalue weighted by molar-refractivity contribution is 0.0941. The standard InChI is InChI=1S/C21H20FN3O2/c1-14(26)25-13-19(18-12-15(22)4-9-20(18)25)21(27)23-16-5-7-17(8-6-16)24-10-2-3-11-24/h4-9,12-13H,2-3,10-11H2,1H3,(H,23,27). The van der Waals surface area contributed by atoms with Crippen LogP contribution in [0.25, 0.3) is 10.9 Å². The van der Waals surface area contributed by atoms with Crippen molar-refractivity contribution in [3.05, 3.63) is 60.0 Å². The molecule has 5 nitrogen and oxygen atoms in total. The van der Waals surface area contributed by atoms with Gasteiger partial charge in [0, 0.05) is 43.0 Å². The summed E-state index contributed by atoms with van der Waals surface area (Å²) in [7, 11) is 0. The van der Waals surface area contributed by atoms with Crippen LogP contribution in [-0.4, -0.2) is 29.5 Å². The molecule has 0 radical (unpaired) electrons. The lowest BCUT2D eigenvalue weighted by atomic mass is 10.1. The van der Waals surface area contributed by atoms with Gasteiger partial charge >= 0.3 is 0 Å². The zero-order valence-corrected chi connectivity index (χ0v) is 15.0. The molecular weight excluding hydrogens is 345 g/mol. The maximum Gasteiger partial charge on any atom is 0.257 e. The molecule has 138 valence electrons. The van der Waals surface area contributed by atoms with Crippen molar-refractivity contribution in [2.24, 2.45) is 0 Å². The number of hydrogen-bond acceptors (Lipinski definition) is 3. The number of amides is 1. The summed E-state index contributed by atoms with van der Waals surface area (Å²) in [6.07, 6.45) is 3.87. The number of fused-ring (bicyclic) bond motifs is 1. The summed E-state index contributed by atoms with van der Waals surface area (Å²) in [4.78, 5) is 26.9. The van der Waals surface area contributed by atoms with E-state index < -0.39 is 5.82 Å². The molecule has 2 heterocycles. The topological polar surface area (TPSA) is 54.3 Å². The molecule has 0 spiro atoms. The number of halogens is 1. The summed E-state index contributed by atoms with van der Waals surface area (Å²) in [5.41, 5.74) is 2.57. The van der Waals surface area contributed by atoms with E-state index in [1.54, 1.807) is 0 Å². The number of hydrogen-bond donors (Lipinski definition) is 1. The Balaban J connectivity index is 1.61. The van der Waals surface area contributed by atoms with E-state index >= 15 is 0 Å². The normalized spacial score (nSPS) is 13.9. The van der Waals surface area contributed by atoms with E-state index in [0.29, 0.717) is 16.6 Å². The third-order valence-corrected chi connectivity index (χ3v) is 4.95. The highest BCUT2D eigenvalue weighted by Crippen LogP contribution is 2.25. The molecule has 1 N–H and O–H groups in total. The Hall–Kier alpha value is -3.15. The second-order valence-corrected chi connectivity index (χ2v) is 6.79. The molecule has 0 unspecified atom stereocenters. The van der Waals surface area contributed by atoms with Crippen LogP contribution < -0.4 is 10.2 Å². The zero-order valence-electron chi connectivity index (χ0n) is 15.0. The molecule has 1 aliphatic rings. The van der Waals surface area contributed by atoms with E-state index in [4.69, 9.17) is 0 Å². The first kappa shape index (κ1) is 17.3. The maximum atomic E-state index is 13.7. The monoisotopic (exact) mass is 365 g/mol. The Kier molecular flexibility index (Phi) is 4.39. The molecule has 1 fully saturated rings. The summed E-state index contributed by atoms with van der Waals surface area (Å²) < 4.78 is 15.0. The average molecular weight is 365 g/mol. The van der Waals surface area contributed by atoms with Crippen LogP contribution in [0, 0.1) is 5.82 Å².